The number of carbonyl (C=O) groups is 1. The third-order valence-corrected chi connectivity index (χ3v) is 7.68. The van der Waals surface area contributed by atoms with Crippen molar-refractivity contribution >= 4 is 21.6 Å². The molecule has 0 aromatic heterocycles. The van der Waals surface area contributed by atoms with Crippen LogP contribution in [0.5, 0.6) is 11.5 Å². The fourth-order valence-corrected chi connectivity index (χ4v) is 5.35. The maximum absolute atomic E-state index is 13.6. The van der Waals surface area contributed by atoms with Crippen LogP contribution in [0.1, 0.15) is 29.7 Å². The first-order chi connectivity index (χ1) is 16.3. The predicted octanol–water partition coefficient (Wildman–Crippen LogP) is 4.15. The highest BCUT2D eigenvalue weighted by molar-refractivity contribution is 7.92. The Bertz CT molecular complexity index is 1290. The van der Waals surface area contributed by atoms with Crippen molar-refractivity contribution in [3.63, 3.8) is 0 Å². The van der Waals surface area contributed by atoms with E-state index in [1.54, 1.807) is 30.3 Å². The molecule has 1 amide bonds. The Morgan fingerprint density at radius 1 is 0.971 bits per heavy atom. The van der Waals surface area contributed by atoms with Gasteiger partial charge in [-0.3, -0.25) is 9.10 Å². The molecule has 7 nitrogen and oxygen atoms in total. The van der Waals surface area contributed by atoms with Gasteiger partial charge in [0.15, 0.2) is 11.5 Å². The Morgan fingerprint density at radius 3 is 2.41 bits per heavy atom. The molecule has 4 rings (SSSR count). The molecule has 178 valence electrons. The molecule has 1 aliphatic rings. The average Bonchev–Trinajstić information content (AvgIpc) is 2.84. The molecular formula is C26H28N2O5S. The van der Waals surface area contributed by atoms with Gasteiger partial charge in [-0.1, -0.05) is 36.4 Å². The third-order valence-electron chi connectivity index (χ3n) is 5.91. The molecule has 3 aromatic carbocycles. The van der Waals surface area contributed by atoms with Crippen molar-refractivity contribution in [1.82, 2.24) is 5.32 Å². The van der Waals surface area contributed by atoms with E-state index in [9.17, 15) is 13.2 Å². The largest absolute Gasteiger partial charge is 0.486 e. The Kier molecular flexibility index (Phi) is 6.79. The van der Waals surface area contributed by atoms with Crippen LogP contribution in [0, 0.1) is 13.8 Å². The number of aryl methyl sites for hydroxylation is 1. The molecule has 0 radical (unpaired) electrons. The number of hydrogen-bond donors (Lipinski definition) is 1. The maximum Gasteiger partial charge on any atom is 0.264 e. The van der Waals surface area contributed by atoms with Crippen LogP contribution in [-0.2, 0) is 14.8 Å². The summed E-state index contributed by atoms with van der Waals surface area (Å²) in [6, 6.07) is 18.7. The van der Waals surface area contributed by atoms with Crippen LogP contribution in [0.25, 0.3) is 0 Å². The number of benzene rings is 3. The molecule has 8 heteroatoms. The zero-order chi connectivity index (χ0) is 24.3. The average molecular weight is 481 g/mol. The summed E-state index contributed by atoms with van der Waals surface area (Å²) in [4.78, 5) is 13.2. The number of amides is 1. The second-order valence-electron chi connectivity index (χ2n) is 8.24. The van der Waals surface area contributed by atoms with E-state index in [0.29, 0.717) is 30.4 Å². The number of nitrogens with zero attached hydrogens (tertiary/aromatic N) is 1. The molecule has 0 spiro atoms. The van der Waals surface area contributed by atoms with Gasteiger partial charge in [0.05, 0.1) is 16.6 Å². The summed E-state index contributed by atoms with van der Waals surface area (Å²) < 4.78 is 39.5. The van der Waals surface area contributed by atoms with Crippen molar-refractivity contribution in [3.8, 4) is 11.5 Å². The molecule has 1 heterocycles. The smallest absolute Gasteiger partial charge is 0.264 e. The van der Waals surface area contributed by atoms with Crippen LogP contribution < -0.4 is 19.1 Å². The molecular weight excluding hydrogens is 452 g/mol. The number of hydrogen-bond acceptors (Lipinski definition) is 5. The molecule has 34 heavy (non-hydrogen) atoms. The van der Waals surface area contributed by atoms with E-state index in [4.69, 9.17) is 9.47 Å². The monoisotopic (exact) mass is 480 g/mol. The van der Waals surface area contributed by atoms with Gasteiger partial charge < -0.3 is 14.8 Å². The van der Waals surface area contributed by atoms with Gasteiger partial charge in [-0.15, -0.1) is 0 Å². The summed E-state index contributed by atoms with van der Waals surface area (Å²) in [6.45, 7) is 6.24. The number of rotatable bonds is 7. The van der Waals surface area contributed by atoms with Crippen LogP contribution in [-0.4, -0.2) is 34.1 Å². The molecule has 0 saturated heterocycles. The van der Waals surface area contributed by atoms with Crippen LogP contribution in [0.3, 0.4) is 0 Å². The summed E-state index contributed by atoms with van der Waals surface area (Å²) in [6.07, 6.45) is 0. The van der Waals surface area contributed by atoms with Crippen LogP contribution in [0.4, 0.5) is 5.69 Å². The topological polar surface area (TPSA) is 84.9 Å². The number of nitrogens with one attached hydrogen (secondary N) is 1. The van der Waals surface area contributed by atoms with Crippen molar-refractivity contribution in [3.05, 3.63) is 83.4 Å². The van der Waals surface area contributed by atoms with E-state index in [1.807, 2.05) is 45.0 Å². The van der Waals surface area contributed by atoms with Crippen molar-refractivity contribution in [2.75, 3.05) is 24.1 Å². The van der Waals surface area contributed by atoms with E-state index >= 15 is 0 Å². The number of sulfonamides is 1. The van der Waals surface area contributed by atoms with Gasteiger partial charge in [0.25, 0.3) is 10.0 Å². The number of carbonyl (C=O) groups excluding carboxylic acids is 1. The van der Waals surface area contributed by atoms with E-state index in [-0.39, 0.29) is 17.5 Å². The lowest BCUT2D eigenvalue weighted by molar-refractivity contribution is -0.120. The molecule has 0 bridgehead atoms. The first kappa shape index (κ1) is 23.6. The Labute approximate surface area is 200 Å². The summed E-state index contributed by atoms with van der Waals surface area (Å²) in [5.41, 5.74) is 3.05. The summed E-state index contributed by atoms with van der Waals surface area (Å²) >= 11 is 0. The zero-order valence-electron chi connectivity index (χ0n) is 19.4. The van der Waals surface area contributed by atoms with E-state index < -0.39 is 15.9 Å². The van der Waals surface area contributed by atoms with Gasteiger partial charge in [-0.25, -0.2) is 8.42 Å². The van der Waals surface area contributed by atoms with Crippen molar-refractivity contribution in [2.24, 2.45) is 0 Å². The lowest BCUT2D eigenvalue weighted by atomic mass is 10.1. The van der Waals surface area contributed by atoms with Crippen LogP contribution >= 0.6 is 0 Å². The Balaban J connectivity index is 1.60. The molecule has 3 aromatic rings. The quantitative estimate of drug-likeness (QED) is 0.549. The molecule has 1 N–H and O–H groups in total. The fraction of sp³-hybridized carbons (Fsp3) is 0.269. The van der Waals surface area contributed by atoms with Gasteiger partial charge in [0, 0.05) is 0 Å². The molecule has 1 atom stereocenters. The molecule has 0 unspecified atom stereocenters. The maximum atomic E-state index is 13.6. The Morgan fingerprint density at radius 2 is 1.68 bits per heavy atom. The Hall–Kier alpha value is -3.52. The number of fused-ring (bicyclic) bond motifs is 1. The summed E-state index contributed by atoms with van der Waals surface area (Å²) in [5.74, 6) is 0.889. The van der Waals surface area contributed by atoms with Crippen molar-refractivity contribution in [1.29, 1.82) is 0 Å². The highest BCUT2D eigenvalue weighted by Gasteiger charge is 2.29. The zero-order valence-corrected chi connectivity index (χ0v) is 20.3. The number of ether oxygens (including phenoxy) is 2. The highest BCUT2D eigenvalue weighted by atomic mass is 32.2. The SMILES string of the molecule is Cc1cccc(N(CC(=O)N[C@H](C)c2ccc3c(c2)OCCO3)S(=O)(=O)c2ccccc2)c1C. The van der Waals surface area contributed by atoms with E-state index in [1.165, 1.54) is 16.4 Å². The lowest BCUT2D eigenvalue weighted by Crippen LogP contribution is -2.42. The minimum Gasteiger partial charge on any atom is -0.486 e. The second kappa shape index (κ2) is 9.77. The summed E-state index contributed by atoms with van der Waals surface area (Å²) in [7, 11) is -3.96. The van der Waals surface area contributed by atoms with E-state index in [2.05, 4.69) is 5.32 Å². The summed E-state index contributed by atoms with van der Waals surface area (Å²) in [5, 5.41) is 2.92. The van der Waals surface area contributed by atoms with E-state index in [0.717, 1.165) is 16.7 Å². The first-order valence-corrected chi connectivity index (χ1v) is 12.5. The van der Waals surface area contributed by atoms with Gasteiger partial charge in [-0.2, -0.15) is 0 Å². The van der Waals surface area contributed by atoms with Gasteiger partial charge in [-0.05, 0) is 67.8 Å². The third kappa shape index (κ3) is 4.87. The number of anilines is 1. The van der Waals surface area contributed by atoms with Gasteiger partial charge in [0.1, 0.15) is 19.8 Å². The second-order valence-corrected chi connectivity index (χ2v) is 10.1. The highest BCUT2D eigenvalue weighted by Crippen LogP contribution is 2.33. The van der Waals surface area contributed by atoms with Crippen LogP contribution in [0.15, 0.2) is 71.6 Å². The first-order valence-electron chi connectivity index (χ1n) is 11.1. The normalized spacial score (nSPS) is 13.7. The van der Waals surface area contributed by atoms with Gasteiger partial charge in [0.2, 0.25) is 5.91 Å². The minimum absolute atomic E-state index is 0.128. The van der Waals surface area contributed by atoms with Crippen molar-refractivity contribution < 1.29 is 22.7 Å². The standard InChI is InChI=1S/C26H28N2O5S/c1-18-8-7-11-23(19(18)2)28(34(30,31)22-9-5-4-6-10-22)17-26(29)27-20(3)21-12-13-24-25(16-21)33-15-14-32-24/h4-13,16,20H,14-15,17H2,1-3H3,(H,27,29)/t20-/m1/s1. The predicted molar refractivity (Wildman–Crippen MR) is 131 cm³/mol. The minimum atomic E-state index is -3.96. The fourth-order valence-electron chi connectivity index (χ4n) is 3.86. The molecule has 1 aliphatic heterocycles. The van der Waals surface area contributed by atoms with Crippen molar-refractivity contribution in [2.45, 2.75) is 31.7 Å². The van der Waals surface area contributed by atoms with Crippen LogP contribution in [0.2, 0.25) is 0 Å². The van der Waals surface area contributed by atoms with Gasteiger partial charge >= 0.3 is 0 Å². The molecule has 0 fully saturated rings. The molecule has 0 aliphatic carbocycles. The lowest BCUT2D eigenvalue weighted by Gasteiger charge is -2.27. The molecule has 0 saturated carbocycles.